The summed E-state index contributed by atoms with van der Waals surface area (Å²) in [7, 11) is 1.82. The number of amides is 1. The number of aryl methyl sites for hydroxylation is 1. The summed E-state index contributed by atoms with van der Waals surface area (Å²) in [6.45, 7) is 4.63. The van der Waals surface area contributed by atoms with E-state index in [1.807, 2.05) is 33.0 Å². The predicted octanol–water partition coefficient (Wildman–Crippen LogP) is 0.977. The van der Waals surface area contributed by atoms with Crippen molar-refractivity contribution in [3.8, 4) is 0 Å². The lowest BCUT2D eigenvalue weighted by molar-refractivity contribution is 0.0922. The molecule has 1 atom stereocenters. The molecule has 0 saturated carbocycles. The number of hydrogen-bond donors (Lipinski definition) is 1. The van der Waals surface area contributed by atoms with E-state index in [0.29, 0.717) is 12.1 Å². The molecule has 0 aliphatic heterocycles. The molecule has 2 aromatic heterocycles. The van der Waals surface area contributed by atoms with Gasteiger partial charge in [-0.15, -0.1) is 5.10 Å². The van der Waals surface area contributed by atoms with Crippen molar-refractivity contribution in [1.82, 2.24) is 40.3 Å². The fourth-order valence-corrected chi connectivity index (χ4v) is 2.54. The molecule has 25 heavy (non-hydrogen) atoms. The van der Waals surface area contributed by atoms with Gasteiger partial charge in [-0.3, -0.25) is 9.48 Å². The number of nitrogens with one attached hydrogen (secondary N) is 1. The topological polar surface area (TPSA) is 103 Å². The Morgan fingerprint density at radius 3 is 2.56 bits per heavy atom. The molecule has 130 valence electrons. The van der Waals surface area contributed by atoms with Crippen molar-refractivity contribution in [2.45, 2.75) is 26.4 Å². The zero-order valence-electron chi connectivity index (χ0n) is 14.4. The summed E-state index contributed by atoms with van der Waals surface area (Å²) in [5.41, 5.74) is 1.60. The predicted molar refractivity (Wildman–Crippen MR) is 89.4 cm³/mol. The first-order valence-corrected chi connectivity index (χ1v) is 7.99. The van der Waals surface area contributed by atoms with Crippen molar-refractivity contribution in [1.29, 1.82) is 0 Å². The van der Waals surface area contributed by atoms with Crippen LogP contribution >= 0.6 is 0 Å². The summed E-state index contributed by atoms with van der Waals surface area (Å²) < 4.78 is 3.30. The Morgan fingerprint density at radius 1 is 1.24 bits per heavy atom. The van der Waals surface area contributed by atoms with Crippen molar-refractivity contribution in [2.75, 3.05) is 0 Å². The van der Waals surface area contributed by atoms with E-state index in [0.717, 1.165) is 11.4 Å². The van der Waals surface area contributed by atoms with Gasteiger partial charge in [0, 0.05) is 12.6 Å². The van der Waals surface area contributed by atoms with Gasteiger partial charge in [0.25, 0.3) is 5.91 Å². The molecule has 1 amide bonds. The van der Waals surface area contributed by atoms with Crippen LogP contribution in [0.3, 0.4) is 0 Å². The Bertz CT molecular complexity index is 822. The SMILES string of the molecule is CC(C)[C@H](NC(=O)c1ccc(Cn2cnnn2)cc1)c1ncnn1C. The average Bonchev–Trinajstić information content (AvgIpc) is 3.24. The largest absolute Gasteiger partial charge is 0.342 e. The smallest absolute Gasteiger partial charge is 0.251 e. The van der Waals surface area contributed by atoms with Gasteiger partial charge >= 0.3 is 0 Å². The van der Waals surface area contributed by atoms with Crippen LogP contribution in [0.4, 0.5) is 0 Å². The quantitative estimate of drug-likeness (QED) is 0.717. The number of carbonyl (C=O) groups is 1. The maximum Gasteiger partial charge on any atom is 0.251 e. The summed E-state index contributed by atoms with van der Waals surface area (Å²) in [4.78, 5) is 16.8. The molecular weight excluding hydrogens is 320 g/mol. The fraction of sp³-hybridized carbons (Fsp3) is 0.375. The van der Waals surface area contributed by atoms with Gasteiger partial charge in [0.15, 0.2) is 0 Å². The Balaban J connectivity index is 1.70. The van der Waals surface area contributed by atoms with Crippen LogP contribution in [0.15, 0.2) is 36.9 Å². The van der Waals surface area contributed by atoms with Crippen LogP contribution < -0.4 is 5.32 Å². The number of benzene rings is 1. The van der Waals surface area contributed by atoms with Crippen LogP contribution in [0, 0.1) is 5.92 Å². The second-order valence-corrected chi connectivity index (χ2v) is 6.14. The number of nitrogens with zero attached hydrogens (tertiary/aromatic N) is 7. The Hall–Kier alpha value is -3.10. The standard InChI is InChI=1S/C16H20N8O/c1-11(2)14(15-17-9-19-23(15)3)20-16(25)13-6-4-12(5-7-13)8-24-10-18-21-22-24/h4-7,9-11,14H,8H2,1-3H3,(H,20,25)/t14-/m0/s1. The number of aromatic nitrogens is 7. The third kappa shape index (κ3) is 3.87. The van der Waals surface area contributed by atoms with Crippen molar-refractivity contribution >= 4 is 5.91 Å². The molecule has 2 heterocycles. The van der Waals surface area contributed by atoms with Gasteiger partial charge in [-0.05, 0) is 34.0 Å². The molecule has 9 heteroatoms. The summed E-state index contributed by atoms with van der Waals surface area (Å²) in [5.74, 6) is 0.778. The van der Waals surface area contributed by atoms with Gasteiger partial charge < -0.3 is 5.32 Å². The van der Waals surface area contributed by atoms with E-state index in [1.54, 1.807) is 27.8 Å². The monoisotopic (exact) mass is 340 g/mol. The van der Waals surface area contributed by atoms with E-state index in [2.05, 4.69) is 30.9 Å². The first kappa shape index (κ1) is 16.7. The Kier molecular flexibility index (Phi) is 4.82. The molecule has 0 spiro atoms. The normalized spacial score (nSPS) is 12.3. The maximum absolute atomic E-state index is 12.6. The van der Waals surface area contributed by atoms with Crippen LogP contribution in [0.2, 0.25) is 0 Å². The Morgan fingerprint density at radius 2 is 2.00 bits per heavy atom. The van der Waals surface area contributed by atoms with E-state index in [-0.39, 0.29) is 17.9 Å². The van der Waals surface area contributed by atoms with Gasteiger partial charge in [-0.2, -0.15) is 5.10 Å². The molecule has 1 N–H and O–H groups in total. The molecule has 0 fully saturated rings. The van der Waals surface area contributed by atoms with Crippen LogP contribution in [0.5, 0.6) is 0 Å². The number of tetrazole rings is 1. The Labute approximate surface area is 145 Å². The molecule has 0 unspecified atom stereocenters. The zero-order chi connectivity index (χ0) is 17.8. The lowest BCUT2D eigenvalue weighted by atomic mass is 10.0. The lowest BCUT2D eigenvalue weighted by Gasteiger charge is -2.21. The first-order valence-electron chi connectivity index (χ1n) is 7.99. The summed E-state index contributed by atoms with van der Waals surface area (Å²) in [5, 5.41) is 18.1. The molecule has 3 aromatic rings. The number of carbonyl (C=O) groups excluding carboxylic acids is 1. The van der Waals surface area contributed by atoms with E-state index < -0.39 is 0 Å². The fourth-order valence-electron chi connectivity index (χ4n) is 2.54. The van der Waals surface area contributed by atoms with E-state index in [1.165, 1.54) is 6.33 Å². The summed E-state index contributed by atoms with van der Waals surface area (Å²) in [6.07, 6.45) is 3.04. The highest BCUT2D eigenvalue weighted by atomic mass is 16.1. The molecule has 0 bridgehead atoms. The van der Waals surface area contributed by atoms with E-state index >= 15 is 0 Å². The van der Waals surface area contributed by atoms with Gasteiger partial charge in [-0.1, -0.05) is 26.0 Å². The van der Waals surface area contributed by atoms with Crippen molar-refractivity contribution < 1.29 is 4.79 Å². The van der Waals surface area contributed by atoms with Crippen LogP contribution in [-0.2, 0) is 13.6 Å². The van der Waals surface area contributed by atoms with E-state index in [4.69, 9.17) is 0 Å². The zero-order valence-corrected chi connectivity index (χ0v) is 14.4. The summed E-state index contributed by atoms with van der Waals surface area (Å²) >= 11 is 0. The highest BCUT2D eigenvalue weighted by molar-refractivity contribution is 5.94. The third-order valence-electron chi connectivity index (χ3n) is 3.93. The van der Waals surface area contributed by atoms with Gasteiger partial charge in [0.05, 0.1) is 12.6 Å². The molecule has 1 aromatic carbocycles. The second-order valence-electron chi connectivity index (χ2n) is 6.14. The minimum atomic E-state index is -0.208. The molecular formula is C16H20N8O. The second kappa shape index (κ2) is 7.20. The van der Waals surface area contributed by atoms with Crippen LogP contribution in [-0.4, -0.2) is 40.9 Å². The van der Waals surface area contributed by atoms with Crippen molar-refractivity contribution in [3.05, 3.63) is 53.9 Å². The minimum absolute atomic E-state index is 0.143. The third-order valence-corrected chi connectivity index (χ3v) is 3.93. The summed E-state index contributed by atoms with van der Waals surface area (Å²) in [6, 6.07) is 7.17. The number of rotatable bonds is 6. The van der Waals surface area contributed by atoms with Gasteiger partial charge in [0.2, 0.25) is 0 Å². The minimum Gasteiger partial charge on any atom is -0.342 e. The highest BCUT2D eigenvalue weighted by Crippen LogP contribution is 2.19. The van der Waals surface area contributed by atoms with Gasteiger partial charge in [-0.25, -0.2) is 9.67 Å². The van der Waals surface area contributed by atoms with E-state index in [9.17, 15) is 4.79 Å². The van der Waals surface area contributed by atoms with Gasteiger partial charge in [0.1, 0.15) is 18.5 Å². The average molecular weight is 340 g/mol. The van der Waals surface area contributed by atoms with Crippen LogP contribution in [0.1, 0.15) is 41.6 Å². The first-order chi connectivity index (χ1) is 12.0. The van der Waals surface area contributed by atoms with Crippen LogP contribution in [0.25, 0.3) is 0 Å². The molecule has 9 nitrogen and oxygen atoms in total. The molecule has 0 radical (unpaired) electrons. The maximum atomic E-state index is 12.6. The molecule has 3 rings (SSSR count). The van der Waals surface area contributed by atoms with Crippen molar-refractivity contribution in [3.63, 3.8) is 0 Å². The lowest BCUT2D eigenvalue weighted by Crippen LogP contribution is -2.33. The molecule has 0 aliphatic carbocycles. The molecule has 0 aliphatic rings. The van der Waals surface area contributed by atoms with Crippen molar-refractivity contribution in [2.24, 2.45) is 13.0 Å². The number of hydrogen-bond acceptors (Lipinski definition) is 6. The highest BCUT2D eigenvalue weighted by Gasteiger charge is 2.23. The molecule has 0 saturated heterocycles.